The first-order chi connectivity index (χ1) is 9.56. The molecule has 0 saturated carbocycles. The first-order valence-electron chi connectivity index (χ1n) is 6.49. The SMILES string of the molecule is CC1CCC(C(N)=O)CN1c1nc(Cl)nc2[nH]ncc12. The summed E-state index contributed by atoms with van der Waals surface area (Å²) in [5.74, 6) is 0.264. The van der Waals surface area contributed by atoms with E-state index in [0.717, 1.165) is 18.2 Å². The number of halogens is 1. The minimum atomic E-state index is -0.273. The van der Waals surface area contributed by atoms with E-state index in [4.69, 9.17) is 17.3 Å². The van der Waals surface area contributed by atoms with Crippen molar-refractivity contribution in [1.29, 1.82) is 0 Å². The highest BCUT2D eigenvalue weighted by Crippen LogP contribution is 2.31. The number of H-pyrrole nitrogens is 1. The van der Waals surface area contributed by atoms with Crippen molar-refractivity contribution < 1.29 is 4.79 Å². The van der Waals surface area contributed by atoms with Gasteiger partial charge in [0.15, 0.2) is 5.65 Å². The van der Waals surface area contributed by atoms with Gasteiger partial charge in [0.1, 0.15) is 5.82 Å². The number of fused-ring (bicyclic) bond motifs is 1. The summed E-state index contributed by atoms with van der Waals surface area (Å²) >= 11 is 5.96. The fourth-order valence-corrected chi connectivity index (χ4v) is 2.81. The van der Waals surface area contributed by atoms with E-state index in [1.165, 1.54) is 0 Å². The van der Waals surface area contributed by atoms with E-state index < -0.39 is 0 Å². The molecule has 0 aromatic carbocycles. The Hall–Kier alpha value is -1.89. The van der Waals surface area contributed by atoms with Gasteiger partial charge >= 0.3 is 0 Å². The third-order valence-corrected chi connectivity index (χ3v) is 3.99. The van der Waals surface area contributed by atoms with Crippen LogP contribution in [0.4, 0.5) is 5.82 Å². The predicted molar refractivity (Wildman–Crippen MR) is 75.4 cm³/mol. The number of aromatic amines is 1. The maximum absolute atomic E-state index is 11.4. The highest BCUT2D eigenvalue weighted by molar-refractivity contribution is 6.28. The number of nitrogens with zero attached hydrogens (tertiary/aromatic N) is 4. The lowest BCUT2D eigenvalue weighted by atomic mass is 9.93. The Labute approximate surface area is 120 Å². The number of nitrogens with one attached hydrogen (secondary N) is 1. The molecule has 0 bridgehead atoms. The molecule has 106 valence electrons. The molecule has 1 aliphatic heterocycles. The number of piperidine rings is 1. The first kappa shape index (κ1) is 13.1. The second kappa shape index (κ2) is 4.90. The minimum Gasteiger partial charge on any atom is -0.369 e. The fraction of sp³-hybridized carbons (Fsp3) is 0.500. The Morgan fingerprint density at radius 2 is 2.30 bits per heavy atom. The zero-order valence-corrected chi connectivity index (χ0v) is 11.8. The van der Waals surface area contributed by atoms with E-state index in [2.05, 4.69) is 32.0 Å². The molecule has 2 aromatic heterocycles. The van der Waals surface area contributed by atoms with Crippen molar-refractivity contribution in [3.8, 4) is 0 Å². The lowest BCUT2D eigenvalue weighted by Crippen LogP contribution is -2.46. The third kappa shape index (κ3) is 2.18. The van der Waals surface area contributed by atoms with Crippen molar-refractivity contribution in [2.24, 2.45) is 11.7 Å². The molecule has 8 heteroatoms. The largest absolute Gasteiger partial charge is 0.369 e. The molecule has 2 aromatic rings. The Balaban J connectivity index is 2.04. The molecule has 0 radical (unpaired) electrons. The standard InChI is InChI=1S/C12H15ClN6O/c1-6-2-3-7(9(14)20)5-19(6)11-8-4-15-18-10(8)16-12(13)17-11/h4,6-7H,2-3,5H2,1H3,(H2,14,20)(H,15,16,17,18). The number of amides is 1. The molecule has 20 heavy (non-hydrogen) atoms. The molecule has 1 saturated heterocycles. The van der Waals surface area contributed by atoms with Crippen LogP contribution in [0.5, 0.6) is 0 Å². The summed E-state index contributed by atoms with van der Waals surface area (Å²) in [4.78, 5) is 21.9. The van der Waals surface area contributed by atoms with Gasteiger partial charge in [-0.15, -0.1) is 0 Å². The maximum atomic E-state index is 11.4. The Bertz CT molecular complexity index is 656. The average molecular weight is 295 g/mol. The van der Waals surface area contributed by atoms with Crippen LogP contribution in [0.25, 0.3) is 11.0 Å². The molecular weight excluding hydrogens is 280 g/mol. The monoisotopic (exact) mass is 294 g/mol. The second-order valence-electron chi connectivity index (χ2n) is 5.13. The number of carbonyl (C=O) groups excluding carboxylic acids is 1. The van der Waals surface area contributed by atoms with E-state index in [-0.39, 0.29) is 23.2 Å². The number of hydrogen-bond acceptors (Lipinski definition) is 5. The van der Waals surface area contributed by atoms with Crippen molar-refractivity contribution in [2.45, 2.75) is 25.8 Å². The van der Waals surface area contributed by atoms with Crippen molar-refractivity contribution in [1.82, 2.24) is 20.2 Å². The van der Waals surface area contributed by atoms with E-state index >= 15 is 0 Å². The Morgan fingerprint density at radius 3 is 3.05 bits per heavy atom. The van der Waals surface area contributed by atoms with Gasteiger partial charge in [0, 0.05) is 12.6 Å². The molecule has 3 N–H and O–H groups in total. The van der Waals surface area contributed by atoms with E-state index in [9.17, 15) is 4.79 Å². The van der Waals surface area contributed by atoms with Crippen molar-refractivity contribution in [2.75, 3.05) is 11.4 Å². The van der Waals surface area contributed by atoms with Gasteiger partial charge in [-0.1, -0.05) is 0 Å². The summed E-state index contributed by atoms with van der Waals surface area (Å²) in [5.41, 5.74) is 6.02. The van der Waals surface area contributed by atoms with Crippen LogP contribution in [0.2, 0.25) is 5.28 Å². The zero-order valence-electron chi connectivity index (χ0n) is 11.0. The highest BCUT2D eigenvalue weighted by Gasteiger charge is 2.31. The Morgan fingerprint density at radius 1 is 1.50 bits per heavy atom. The third-order valence-electron chi connectivity index (χ3n) is 3.82. The summed E-state index contributed by atoms with van der Waals surface area (Å²) in [7, 11) is 0. The van der Waals surface area contributed by atoms with E-state index in [1.54, 1.807) is 6.20 Å². The molecule has 1 aliphatic rings. The topological polar surface area (TPSA) is 101 Å². The van der Waals surface area contributed by atoms with E-state index in [1.807, 2.05) is 0 Å². The number of primary amides is 1. The quantitative estimate of drug-likeness (QED) is 0.808. The first-order valence-corrected chi connectivity index (χ1v) is 6.86. The molecular formula is C12H15ClN6O. The van der Waals surface area contributed by atoms with Crippen molar-refractivity contribution in [3.05, 3.63) is 11.5 Å². The van der Waals surface area contributed by atoms with Crippen molar-refractivity contribution in [3.63, 3.8) is 0 Å². The van der Waals surface area contributed by atoms with E-state index in [0.29, 0.717) is 18.0 Å². The van der Waals surface area contributed by atoms with Crippen molar-refractivity contribution >= 4 is 34.4 Å². The van der Waals surface area contributed by atoms with Gasteiger partial charge in [0.25, 0.3) is 0 Å². The average Bonchev–Trinajstić information content (AvgIpc) is 2.86. The van der Waals surface area contributed by atoms with Crippen LogP contribution in [-0.4, -0.2) is 38.7 Å². The van der Waals surface area contributed by atoms with Gasteiger partial charge in [-0.05, 0) is 31.4 Å². The molecule has 1 amide bonds. The van der Waals surface area contributed by atoms with Gasteiger partial charge in [-0.3, -0.25) is 9.89 Å². The molecule has 1 fully saturated rings. The van der Waals surface area contributed by atoms with Gasteiger partial charge in [0.05, 0.1) is 17.5 Å². The number of aromatic nitrogens is 4. The molecule has 0 spiro atoms. The second-order valence-corrected chi connectivity index (χ2v) is 5.46. The number of anilines is 1. The zero-order chi connectivity index (χ0) is 14.3. The number of nitrogens with two attached hydrogens (primary N) is 1. The lowest BCUT2D eigenvalue weighted by Gasteiger charge is -2.37. The summed E-state index contributed by atoms with van der Waals surface area (Å²) in [5, 5.41) is 7.71. The summed E-state index contributed by atoms with van der Waals surface area (Å²) in [6, 6.07) is 0.259. The number of rotatable bonds is 2. The van der Waals surface area contributed by atoms with Crippen LogP contribution in [0, 0.1) is 5.92 Å². The molecule has 3 rings (SSSR count). The van der Waals surface area contributed by atoms with Gasteiger partial charge in [0.2, 0.25) is 11.2 Å². The van der Waals surface area contributed by atoms with Crippen LogP contribution in [0.1, 0.15) is 19.8 Å². The number of hydrogen-bond donors (Lipinski definition) is 2. The van der Waals surface area contributed by atoms with Gasteiger partial charge in [-0.25, -0.2) is 0 Å². The van der Waals surface area contributed by atoms with Crippen LogP contribution in [0.15, 0.2) is 6.20 Å². The molecule has 2 unspecified atom stereocenters. The normalized spacial score (nSPS) is 23.2. The summed E-state index contributed by atoms with van der Waals surface area (Å²) in [6.45, 7) is 2.64. The van der Waals surface area contributed by atoms with Crippen LogP contribution in [0.3, 0.4) is 0 Å². The fourth-order valence-electron chi connectivity index (χ4n) is 2.65. The Kier molecular flexibility index (Phi) is 3.21. The van der Waals surface area contributed by atoms with Crippen LogP contribution in [-0.2, 0) is 4.79 Å². The number of carbonyl (C=O) groups is 1. The van der Waals surface area contributed by atoms with Crippen LogP contribution < -0.4 is 10.6 Å². The smallest absolute Gasteiger partial charge is 0.226 e. The lowest BCUT2D eigenvalue weighted by molar-refractivity contribution is -0.122. The molecule has 7 nitrogen and oxygen atoms in total. The predicted octanol–water partition coefficient (Wildman–Crippen LogP) is 1.10. The summed E-state index contributed by atoms with van der Waals surface area (Å²) in [6.07, 6.45) is 3.36. The van der Waals surface area contributed by atoms with Gasteiger partial charge < -0.3 is 10.6 Å². The molecule has 2 atom stereocenters. The van der Waals surface area contributed by atoms with Gasteiger partial charge in [-0.2, -0.15) is 15.1 Å². The maximum Gasteiger partial charge on any atom is 0.226 e. The molecule has 3 heterocycles. The summed E-state index contributed by atoms with van der Waals surface area (Å²) < 4.78 is 0. The van der Waals surface area contributed by atoms with Crippen LogP contribution >= 0.6 is 11.6 Å². The molecule has 0 aliphatic carbocycles. The minimum absolute atomic E-state index is 0.158. The highest BCUT2D eigenvalue weighted by atomic mass is 35.5.